The number of rotatable bonds is 7. The first-order chi connectivity index (χ1) is 8.24. The highest BCUT2D eigenvalue weighted by Crippen LogP contribution is 2.26. The van der Waals surface area contributed by atoms with Crippen LogP contribution in [0.4, 0.5) is 0 Å². The summed E-state index contributed by atoms with van der Waals surface area (Å²) < 4.78 is 0. The van der Waals surface area contributed by atoms with E-state index in [1.165, 1.54) is 36.8 Å². The molecule has 1 aromatic rings. The van der Waals surface area contributed by atoms with Crippen molar-refractivity contribution >= 4 is 12.6 Å². The molecule has 1 atom stereocenters. The quantitative estimate of drug-likeness (QED) is 0.638. The molecule has 0 saturated carbocycles. The third-order valence-corrected chi connectivity index (χ3v) is 4.28. The first kappa shape index (κ1) is 14.6. The van der Waals surface area contributed by atoms with Crippen LogP contribution in [-0.4, -0.2) is 0 Å². The van der Waals surface area contributed by atoms with Crippen LogP contribution in [-0.2, 0) is 12.2 Å². The van der Waals surface area contributed by atoms with E-state index in [-0.39, 0.29) is 0 Å². The molecule has 17 heavy (non-hydrogen) atoms. The predicted molar refractivity (Wildman–Crippen MR) is 80.7 cm³/mol. The van der Waals surface area contributed by atoms with Crippen LogP contribution >= 0.6 is 12.6 Å². The molecule has 1 heteroatoms. The maximum atomic E-state index is 4.35. The largest absolute Gasteiger partial charge is 0.175 e. The lowest BCUT2D eigenvalue weighted by molar-refractivity contribution is 0.302. The highest BCUT2D eigenvalue weighted by Gasteiger charge is 2.16. The van der Waals surface area contributed by atoms with Gasteiger partial charge in [0.1, 0.15) is 0 Å². The minimum atomic E-state index is 0.833. The highest BCUT2D eigenvalue weighted by atomic mass is 32.1. The molecule has 0 aliphatic carbocycles. The first-order valence-corrected chi connectivity index (χ1v) is 7.56. The molecule has 0 nitrogen and oxygen atoms in total. The Morgan fingerprint density at radius 3 is 2.06 bits per heavy atom. The van der Waals surface area contributed by atoms with Gasteiger partial charge in [0.25, 0.3) is 0 Å². The van der Waals surface area contributed by atoms with Crippen LogP contribution in [0.1, 0.15) is 51.2 Å². The molecule has 1 rings (SSSR count). The van der Waals surface area contributed by atoms with Gasteiger partial charge in [0.15, 0.2) is 0 Å². The summed E-state index contributed by atoms with van der Waals surface area (Å²) in [5, 5.41) is 0. The van der Waals surface area contributed by atoms with Gasteiger partial charge < -0.3 is 0 Å². The van der Waals surface area contributed by atoms with Crippen molar-refractivity contribution in [2.45, 2.75) is 52.2 Å². The molecule has 0 aliphatic rings. The summed E-state index contributed by atoms with van der Waals surface area (Å²) >= 11 is 4.35. The van der Waals surface area contributed by atoms with Gasteiger partial charge in [-0.25, -0.2) is 0 Å². The van der Waals surface area contributed by atoms with Crippen LogP contribution < -0.4 is 0 Å². The number of hydrogen-bond acceptors (Lipinski definition) is 1. The van der Waals surface area contributed by atoms with Gasteiger partial charge in [-0.15, -0.1) is 0 Å². The Bertz CT molecular complexity index is 315. The Hall–Kier alpha value is -0.430. The van der Waals surface area contributed by atoms with Crippen LogP contribution in [0.25, 0.3) is 0 Å². The van der Waals surface area contributed by atoms with E-state index in [1.807, 2.05) is 0 Å². The molecule has 96 valence electrons. The van der Waals surface area contributed by atoms with Crippen molar-refractivity contribution in [3.8, 4) is 0 Å². The second-order valence-corrected chi connectivity index (χ2v) is 5.24. The molecule has 0 amide bonds. The van der Waals surface area contributed by atoms with Gasteiger partial charge in [-0.2, -0.15) is 12.6 Å². The Morgan fingerprint density at radius 2 is 1.53 bits per heavy atom. The second kappa shape index (κ2) is 7.81. The zero-order chi connectivity index (χ0) is 12.7. The SMILES string of the molecule is CCC(CC)C(CC)Cc1cccc(CS)c1. The van der Waals surface area contributed by atoms with E-state index in [0.29, 0.717) is 0 Å². The van der Waals surface area contributed by atoms with Crippen LogP contribution in [0, 0.1) is 11.8 Å². The fourth-order valence-electron chi connectivity index (χ4n) is 2.76. The topological polar surface area (TPSA) is 0 Å². The van der Waals surface area contributed by atoms with Gasteiger partial charge in [-0.1, -0.05) is 64.3 Å². The third kappa shape index (κ3) is 4.39. The maximum absolute atomic E-state index is 4.35. The van der Waals surface area contributed by atoms with Crippen LogP contribution in [0.15, 0.2) is 24.3 Å². The Kier molecular flexibility index (Phi) is 6.72. The average molecular weight is 250 g/mol. The van der Waals surface area contributed by atoms with Crippen molar-refractivity contribution in [1.82, 2.24) is 0 Å². The van der Waals surface area contributed by atoms with E-state index in [1.54, 1.807) is 0 Å². The molecule has 0 spiro atoms. The molecular weight excluding hydrogens is 224 g/mol. The molecule has 1 unspecified atom stereocenters. The number of hydrogen-bond donors (Lipinski definition) is 1. The molecule has 0 N–H and O–H groups in total. The number of benzene rings is 1. The monoisotopic (exact) mass is 250 g/mol. The molecule has 0 radical (unpaired) electrons. The summed E-state index contributed by atoms with van der Waals surface area (Å²) in [4.78, 5) is 0. The van der Waals surface area contributed by atoms with Gasteiger partial charge >= 0.3 is 0 Å². The Morgan fingerprint density at radius 1 is 0.941 bits per heavy atom. The zero-order valence-corrected chi connectivity index (χ0v) is 12.3. The fourth-order valence-corrected chi connectivity index (χ4v) is 2.95. The van der Waals surface area contributed by atoms with Gasteiger partial charge in [-0.3, -0.25) is 0 Å². The van der Waals surface area contributed by atoms with Crippen molar-refractivity contribution in [2.75, 3.05) is 0 Å². The minimum absolute atomic E-state index is 0.833. The summed E-state index contributed by atoms with van der Waals surface area (Å²) in [6.45, 7) is 6.97. The molecule has 0 heterocycles. The minimum Gasteiger partial charge on any atom is -0.175 e. The van der Waals surface area contributed by atoms with E-state index in [2.05, 4.69) is 57.7 Å². The summed E-state index contributed by atoms with van der Waals surface area (Å²) in [6, 6.07) is 8.91. The van der Waals surface area contributed by atoms with Crippen LogP contribution in [0.2, 0.25) is 0 Å². The van der Waals surface area contributed by atoms with Gasteiger partial charge in [-0.05, 0) is 29.4 Å². The molecule has 0 saturated heterocycles. The maximum Gasteiger partial charge on any atom is 0.0154 e. The molecule has 1 aromatic carbocycles. The molecule has 0 aliphatic heterocycles. The van der Waals surface area contributed by atoms with E-state index in [4.69, 9.17) is 0 Å². The normalized spacial score (nSPS) is 13.0. The lowest BCUT2D eigenvalue weighted by Gasteiger charge is -2.24. The van der Waals surface area contributed by atoms with Crippen molar-refractivity contribution in [3.63, 3.8) is 0 Å². The summed E-state index contributed by atoms with van der Waals surface area (Å²) in [5.74, 6) is 2.55. The van der Waals surface area contributed by atoms with E-state index in [9.17, 15) is 0 Å². The first-order valence-electron chi connectivity index (χ1n) is 6.93. The van der Waals surface area contributed by atoms with Crippen LogP contribution in [0.5, 0.6) is 0 Å². The lowest BCUT2D eigenvalue weighted by atomic mass is 9.81. The van der Waals surface area contributed by atoms with E-state index < -0.39 is 0 Å². The smallest absolute Gasteiger partial charge is 0.0154 e. The van der Waals surface area contributed by atoms with Crippen molar-refractivity contribution in [1.29, 1.82) is 0 Å². The molecule has 0 aromatic heterocycles. The predicted octanol–water partition coefficient (Wildman–Crippen LogP) is 5.12. The third-order valence-electron chi connectivity index (χ3n) is 3.91. The average Bonchev–Trinajstić information content (AvgIpc) is 2.39. The van der Waals surface area contributed by atoms with Crippen molar-refractivity contribution in [2.24, 2.45) is 11.8 Å². The summed E-state index contributed by atoms with van der Waals surface area (Å²) in [5.41, 5.74) is 2.82. The van der Waals surface area contributed by atoms with E-state index in [0.717, 1.165) is 17.6 Å². The van der Waals surface area contributed by atoms with Crippen molar-refractivity contribution < 1.29 is 0 Å². The van der Waals surface area contributed by atoms with Gasteiger partial charge in [0.2, 0.25) is 0 Å². The van der Waals surface area contributed by atoms with Gasteiger partial charge in [0, 0.05) is 5.75 Å². The zero-order valence-electron chi connectivity index (χ0n) is 11.4. The summed E-state index contributed by atoms with van der Waals surface area (Å²) in [6.07, 6.45) is 5.13. The Balaban J connectivity index is 2.72. The molecule has 0 fully saturated rings. The second-order valence-electron chi connectivity index (χ2n) is 4.93. The highest BCUT2D eigenvalue weighted by molar-refractivity contribution is 7.79. The molecular formula is C16H26S. The van der Waals surface area contributed by atoms with Gasteiger partial charge in [0.05, 0.1) is 0 Å². The number of thiol groups is 1. The standard InChI is InChI=1S/C16H26S/c1-4-15(5-2)16(6-3)11-13-8-7-9-14(10-13)12-17/h7-10,15-17H,4-6,11-12H2,1-3H3. The van der Waals surface area contributed by atoms with E-state index >= 15 is 0 Å². The van der Waals surface area contributed by atoms with Crippen molar-refractivity contribution in [3.05, 3.63) is 35.4 Å². The van der Waals surface area contributed by atoms with Crippen LogP contribution in [0.3, 0.4) is 0 Å². The lowest BCUT2D eigenvalue weighted by Crippen LogP contribution is -2.15. The fraction of sp³-hybridized carbons (Fsp3) is 0.625. The molecule has 0 bridgehead atoms. The summed E-state index contributed by atoms with van der Waals surface area (Å²) in [7, 11) is 0. The Labute approximate surface area is 112 Å².